The number of rotatable bonds is 4. The summed E-state index contributed by atoms with van der Waals surface area (Å²) in [6, 6.07) is 19.0. The van der Waals surface area contributed by atoms with E-state index < -0.39 is 0 Å². The van der Waals surface area contributed by atoms with Gasteiger partial charge in [0.1, 0.15) is 0 Å². The lowest BCUT2D eigenvalue weighted by Gasteiger charge is -2.49. The number of hydrogen-bond donors (Lipinski definition) is 2. The smallest absolute Gasteiger partial charge is 0.319 e. The lowest BCUT2D eigenvalue weighted by Crippen LogP contribution is -2.56. The third kappa shape index (κ3) is 4.63. The van der Waals surface area contributed by atoms with E-state index in [0.29, 0.717) is 12.1 Å². The van der Waals surface area contributed by atoms with Crippen LogP contribution in [0, 0.1) is 0 Å². The Bertz CT molecular complexity index is 751. The summed E-state index contributed by atoms with van der Waals surface area (Å²) in [4.78, 5) is 15.0. The molecule has 2 atom stereocenters. The number of nitrogens with zero attached hydrogens (tertiary/aromatic N) is 1. The average molecular weight is 384 g/mol. The van der Waals surface area contributed by atoms with Crippen molar-refractivity contribution in [1.29, 1.82) is 0 Å². The highest BCUT2D eigenvalue weighted by atomic mass is 35.5. The van der Waals surface area contributed by atoms with E-state index in [2.05, 4.69) is 27.7 Å². The molecule has 2 N–H and O–H groups in total. The molecule has 0 saturated carbocycles. The van der Waals surface area contributed by atoms with Gasteiger partial charge in [-0.2, -0.15) is 0 Å². The number of hydrogen-bond acceptors (Lipinski definition) is 2. The molecule has 27 heavy (non-hydrogen) atoms. The molecule has 2 bridgehead atoms. The highest BCUT2D eigenvalue weighted by Gasteiger charge is 2.38. The van der Waals surface area contributed by atoms with Crippen molar-refractivity contribution in [2.75, 3.05) is 5.32 Å². The first-order valence-electron chi connectivity index (χ1n) is 9.80. The molecule has 4 nitrogen and oxygen atoms in total. The molecule has 2 heterocycles. The zero-order valence-electron chi connectivity index (χ0n) is 15.4. The van der Waals surface area contributed by atoms with E-state index in [0.717, 1.165) is 30.1 Å². The molecule has 0 aromatic heterocycles. The summed E-state index contributed by atoms with van der Waals surface area (Å²) in [6.45, 7) is 0.968. The lowest BCUT2D eigenvalue weighted by atomic mass is 9.81. The quantitative estimate of drug-likeness (QED) is 0.776. The second kappa shape index (κ2) is 8.32. The molecule has 142 valence electrons. The van der Waals surface area contributed by atoms with E-state index in [1.54, 1.807) is 0 Å². The largest absolute Gasteiger partial charge is 0.335 e. The average Bonchev–Trinajstić information content (AvgIpc) is 2.65. The number of benzene rings is 2. The zero-order chi connectivity index (χ0) is 18.6. The molecule has 5 heteroatoms. The van der Waals surface area contributed by atoms with Crippen molar-refractivity contribution < 1.29 is 4.79 Å². The topological polar surface area (TPSA) is 44.4 Å². The van der Waals surface area contributed by atoms with Gasteiger partial charge in [-0.25, -0.2) is 4.79 Å². The number of amides is 2. The molecule has 0 unspecified atom stereocenters. The lowest BCUT2D eigenvalue weighted by molar-refractivity contribution is 0.0200. The Kier molecular flexibility index (Phi) is 5.65. The first kappa shape index (κ1) is 18.3. The Labute approximate surface area is 165 Å². The van der Waals surface area contributed by atoms with Crippen molar-refractivity contribution >= 4 is 23.3 Å². The standard InChI is InChI=1S/C22H26ClN3O/c23-17-11-9-16(10-12-17)15-26-20-7-4-8-21(26)14-19(13-20)25-22(27)24-18-5-2-1-3-6-18/h1-3,5-6,9-12,19-21H,4,7-8,13-15H2,(H2,24,25,27)/t20-,21-/m0/s1. The second-order valence-corrected chi connectivity index (χ2v) is 8.11. The summed E-state index contributed by atoms with van der Waals surface area (Å²) < 4.78 is 0. The van der Waals surface area contributed by atoms with Gasteiger partial charge in [-0.05, 0) is 55.5 Å². The van der Waals surface area contributed by atoms with Crippen LogP contribution in [0.5, 0.6) is 0 Å². The number of fused-ring (bicyclic) bond motifs is 2. The molecule has 2 aliphatic heterocycles. The van der Waals surface area contributed by atoms with Gasteiger partial charge < -0.3 is 10.6 Å². The zero-order valence-corrected chi connectivity index (χ0v) is 16.2. The van der Waals surface area contributed by atoms with Crippen LogP contribution in [-0.4, -0.2) is 29.1 Å². The van der Waals surface area contributed by atoms with Gasteiger partial charge in [-0.1, -0.05) is 48.4 Å². The van der Waals surface area contributed by atoms with Crippen LogP contribution in [0.2, 0.25) is 5.02 Å². The van der Waals surface area contributed by atoms with E-state index in [1.165, 1.54) is 24.8 Å². The fraction of sp³-hybridized carbons (Fsp3) is 0.409. The number of halogens is 1. The molecular formula is C22H26ClN3O. The Hall–Kier alpha value is -2.04. The molecule has 2 aromatic rings. The number of para-hydroxylation sites is 1. The first-order chi connectivity index (χ1) is 13.2. The van der Waals surface area contributed by atoms with Crippen molar-refractivity contribution in [2.24, 2.45) is 0 Å². The maximum Gasteiger partial charge on any atom is 0.319 e. The minimum absolute atomic E-state index is 0.101. The predicted octanol–water partition coefficient (Wildman–Crippen LogP) is 5.05. The highest BCUT2D eigenvalue weighted by molar-refractivity contribution is 6.30. The number of nitrogens with one attached hydrogen (secondary N) is 2. The van der Waals surface area contributed by atoms with Gasteiger partial charge in [-0.15, -0.1) is 0 Å². The van der Waals surface area contributed by atoms with Gasteiger partial charge in [0.05, 0.1) is 0 Å². The fourth-order valence-corrected chi connectivity index (χ4v) is 4.66. The Balaban J connectivity index is 1.36. The molecule has 0 radical (unpaired) electrons. The summed E-state index contributed by atoms with van der Waals surface area (Å²) in [5.74, 6) is 0. The van der Waals surface area contributed by atoms with Crippen LogP contribution in [0.3, 0.4) is 0 Å². The van der Waals surface area contributed by atoms with Gasteiger partial charge in [0.15, 0.2) is 0 Å². The highest BCUT2D eigenvalue weighted by Crippen LogP contribution is 2.35. The second-order valence-electron chi connectivity index (χ2n) is 7.67. The van der Waals surface area contributed by atoms with Crippen molar-refractivity contribution in [3.05, 3.63) is 65.2 Å². The van der Waals surface area contributed by atoms with E-state index in [4.69, 9.17) is 11.6 Å². The van der Waals surface area contributed by atoms with Crippen LogP contribution in [0.4, 0.5) is 10.5 Å². The van der Waals surface area contributed by atoms with E-state index in [1.807, 2.05) is 42.5 Å². The minimum Gasteiger partial charge on any atom is -0.335 e. The third-order valence-corrected chi connectivity index (χ3v) is 6.02. The first-order valence-corrected chi connectivity index (χ1v) is 10.2. The number of anilines is 1. The van der Waals surface area contributed by atoms with Crippen LogP contribution >= 0.6 is 11.6 Å². The van der Waals surface area contributed by atoms with Gasteiger partial charge in [0, 0.05) is 35.4 Å². The molecule has 2 fully saturated rings. The maximum absolute atomic E-state index is 12.4. The van der Waals surface area contributed by atoms with Crippen LogP contribution in [0.25, 0.3) is 0 Å². The number of piperidine rings is 2. The number of carbonyl (C=O) groups is 1. The van der Waals surface area contributed by atoms with Gasteiger partial charge in [0.2, 0.25) is 0 Å². The summed E-state index contributed by atoms with van der Waals surface area (Å²) >= 11 is 6.02. The summed E-state index contributed by atoms with van der Waals surface area (Å²) in [5.41, 5.74) is 2.14. The van der Waals surface area contributed by atoms with Crippen LogP contribution in [-0.2, 0) is 6.54 Å². The molecule has 2 saturated heterocycles. The number of urea groups is 1. The van der Waals surface area contributed by atoms with Crippen LogP contribution in [0.15, 0.2) is 54.6 Å². The fourth-order valence-electron chi connectivity index (χ4n) is 4.53. The van der Waals surface area contributed by atoms with E-state index in [-0.39, 0.29) is 12.1 Å². The van der Waals surface area contributed by atoms with E-state index >= 15 is 0 Å². The summed E-state index contributed by atoms with van der Waals surface area (Å²) in [5, 5.41) is 6.91. The van der Waals surface area contributed by atoms with Crippen molar-refractivity contribution in [2.45, 2.75) is 56.8 Å². The Morgan fingerprint density at radius 2 is 1.67 bits per heavy atom. The normalized spacial score (nSPS) is 25.0. The maximum atomic E-state index is 12.4. The molecule has 2 aliphatic rings. The molecule has 2 amide bonds. The molecule has 4 rings (SSSR count). The third-order valence-electron chi connectivity index (χ3n) is 5.77. The molecular weight excluding hydrogens is 358 g/mol. The molecule has 0 spiro atoms. The van der Waals surface area contributed by atoms with Gasteiger partial charge >= 0.3 is 6.03 Å². The van der Waals surface area contributed by atoms with Crippen molar-refractivity contribution in [3.63, 3.8) is 0 Å². The van der Waals surface area contributed by atoms with Crippen molar-refractivity contribution in [3.8, 4) is 0 Å². The Morgan fingerprint density at radius 1 is 1.00 bits per heavy atom. The van der Waals surface area contributed by atoms with Crippen LogP contribution in [0.1, 0.15) is 37.7 Å². The van der Waals surface area contributed by atoms with Gasteiger partial charge in [-0.3, -0.25) is 4.90 Å². The van der Waals surface area contributed by atoms with E-state index in [9.17, 15) is 4.79 Å². The van der Waals surface area contributed by atoms with Gasteiger partial charge in [0.25, 0.3) is 0 Å². The summed E-state index contributed by atoms with van der Waals surface area (Å²) in [6.07, 6.45) is 5.75. The minimum atomic E-state index is -0.101. The van der Waals surface area contributed by atoms with Crippen molar-refractivity contribution in [1.82, 2.24) is 10.2 Å². The molecule has 0 aliphatic carbocycles. The SMILES string of the molecule is O=C(Nc1ccccc1)NC1C[C@@H]2CCC[C@@H](C1)N2Cc1ccc(Cl)cc1. The number of carbonyl (C=O) groups excluding carboxylic acids is 1. The van der Waals surface area contributed by atoms with Crippen LogP contribution < -0.4 is 10.6 Å². The molecule has 2 aromatic carbocycles. The predicted molar refractivity (Wildman–Crippen MR) is 110 cm³/mol. The Morgan fingerprint density at radius 3 is 2.33 bits per heavy atom. The summed E-state index contributed by atoms with van der Waals surface area (Å²) in [7, 11) is 0. The monoisotopic (exact) mass is 383 g/mol.